The largest absolute Gasteiger partial charge is 0.491 e. The topological polar surface area (TPSA) is 136 Å². The molecule has 0 saturated carbocycles. The minimum atomic E-state index is -0.476. The van der Waals surface area contributed by atoms with Crippen molar-refractivity contribution in [2.45, 2.75) is 32.8 Å². The molecule has 0 amide bonds. The van der Waals surface area contributed by atoms with Crippen molar-refractivity contribution in [3.05, 3.63) is 29.8 Å². The fraction of sp³-hybridized carbons (Fsp3) is 0.750. The van der Waals surface area contributed by atoms with Gasteiger partial charge in [-0.15, -0.1) is 0 Å². The van der Waals surface area contributed by atoms with Gasteiger partial charge in [-0.25, -0.2) is 0 Å². The molecule has 1 aromatic carbocycles. The Morgan fingerprint density at radius 2 is 0.822 bits per heavy atom. The van der Waals surface area contributed by atoms with Crippen LogP contribution in [-0.2, 0) is 52.2 Å². The van der Waals surface area contributed by atoms with Crippen molar-refractivity contribution >= 4 is 12.3 Å². The van der Waals surface area contributed by atoms with Gasteiger partial charge in [0.15, 0.2) is 0 Å². The van der Waals surface area contributed by atoms with Gasteiger partial charge in [-0.1, -0.05) is 0 Å². The Hall–Kier alpha value is -2.20. The first-order chi connectivity index (χ1) is 21.9. The van der Waals surface area contributed by atoms with Gasteiger partial charge in [0.05, 0.1) is 125 Å². The maximum absolute atomic E-state index is 11.6. The molecule has 0 N–H and O–H groups in total. The molecule has 0 unspecified atom stereocenters. The molecule has 0 aliphatic carbocycles. The second-order valence-corrected chi connectivity index (χ2v) is 10.4. The summed E-state index contributed by atoms with van der Waals surface area (Å²) in [6.45, 7) is 14.3. The number of benzene rings is 1. The van der Waals surface area contributed by atoms with E-state index >= 15 is 0 Å². The van der Waals surface area contributed by atoms with E-state index in [0.29, 0.717) is 137 Å². The SMILES string of the molecule is CC(C)(C)OC(=O)CCOCCOCCOCCOCCOCCOCCOCCOCCOCCOc1ccc(C=O)cc1. The van der Waals surface area contributed by atoms with E-state index in [9.17, 15) is 9.59 Å². The Labute approximate surface area is 267 Å². The summed E-state index contributed by atoms with van der Waals surface area (Å²) in [5.41, 5.74) is 0.140. The highest BCUT2D eigenvalue weighted by atomic mass is 16.6. The van der Waals surface area contributed by atoms with Gasteiger partial charge in [0.1, 0.15) is 24.2 Å². The Kier molecular flexibility index (Phi) is 26.5. The van der Waals surface area contributed by atoms with Crippen molar-refractivity contribution in [2.24, 2.45) is 0 Å². The van der Waals surface area contributed by atoms with Crippen molar-refractivity contribution in [2.75, 3.05) is 126 Å². The third-order valence-corrected chi connectivity index (χ3v) is 5.36. The van der Waals surface area contributed by atoms with Gasteiger partial charge in [-0.2, -0.15) is 0 Å². The fourth-order valence-corrected chi connectivity index (χ4v) is 3.27. The van der Waals surface area contributed by atoms with Crippen molar-refractivity contribution < 1.29 is 61.7 Å². The molecular weight excluding hydrogens is 592 g/mol. The number of rotatable bonds is 32. The molecule has 13 heteroatoms. The normalized spacial score (nSPS) is 11.5. The first kappa shape index (κ1) is 40.8. The van der Waals surface area contributed by atoms with Gasteiger partial charge in [-0.05, 0) is 45.0 Å². The molecule has 45 heavy (non-hydrogen) atoms. The van der Waals surface area contributed by atoms with Crippen molar-refractivity contribution in [3.8, 4) is 5.75 Å². The van der Waals surface area contributed by atoms with Crippen LogP contribution in [0.3, 0.4) is 0 Å². The van der Waals surface area contributed by atoms with Gasteiger partial charge in [-0.3, -0.25) is 9.59 Å². The fourth-order valence-electron chi connectivity index (χ4n) is 3.27. The smallest absolute Gasteiger partial charge is 0.308 e. The quantitative estimate of drug-likeness (QED) is 0.0646. The van der Waals surface area contributed by atoms with E-state index < -0.39 is 5.60 Å². The van der Waals surface area contributed by atoms with E-state index in [1.807, 2.05) is 20.8 Å². The number of carbonyl (C=O) groups is 2. The van der Waals surface area contributed by atoms with Crippen LogP contribution in [0.5, 0.6) is 5.75 Å². The second-order valence-electron chi connectivity index (χ2n) is 10.4. The molecule has 0 saturated heterocycles. The molecular formula is C32H54O13. The van der Waals surface area contributed by atoms with Crippen LogP contribution in [0.1, 0.15) is 37.6 Å². The lowest BCUT2D eigenvalue weighted by Crippen LogP contribution is -2.24. The van der Waals surface area contributed by atoms with Crippen molar-refractivity contribution in [1.82, 2.24) is 0 Å². The third-order valence-electron chi connectivity index (χ3n) is 5.36. The summed E-state index contributed by atoms with van der Waals surface area (Å²) in [5.74, 6) is 0.433. The number of hydrogen-bond donors (Lipinski definition) is 0. The highest BCUT2D eigenvalue weighted by Crippen LogP contribution is 2.10. The highest BCUT2D eigenvalue weighted by molar-refractivity contribution is 5.74. The van der Waals surface area contributed by atoms with Crippen LogP contribution >= 0.6 is 0 Å². The predicted octanol–water partition coefficient (Wildman–Crippen LogP) is 2.76. The molecule has 0 heterocycles. The molecule has 0 fully saturated rings. The van der Waals surface area contributed by atoms with Crippen LogP contribution < -0.4 is 4.74 Å². The van der Waals surface area contributed by atoms with Crippen LogP contribution in [-0.4, -0.2) is 143 Å². The van der Waals surface area contributed by atoms with Crippen LogP contribution in [0, 0.1) is 0 Å². The first-order valence-corrected chi connectivity index (χ1v) is 15.5. The highest BCUT2D eigenvalue weighted by Gasteiger charge is 2.15. The molecule has 0 aromatic heterocycles. The maximum Gasteiger partial charge on any atom is 0.308 e. The van der Waals surface area contributed by atoms with Gasteiger partial charge in [0.25, 0.3) is 0 Å². The Balaban J connectivity index is 1.67. The predicted molar refractivity (Wildman–Crippen MR) is 165 cm³/mol. The number of ether oxygens (including phenoxy) is 11. The van der Waals surface area contributed by atoms with Gasteiger partial charge >= 0.3 is 5.97 Å². The van der Waals surface area contributed by atoms with E-state index in [1.165, 1.54) is 0 Å². The molecule has 1 aromatic rings. The second kappa shape index (κ2) is 29.2. The molecule has 0 atom stereocenters. The number of hydrogen-bond acceptors (Lipinski definition) is 13. The molecule has 0 aliphatic heterocycles. The van der Waals surface area contributed by atoms with Gasteiger partial charge in [0, 0.05) is 5.56 Å². The van der Waals surface area contributed by atoms with E-state index in [4.69, 9.17) is 52.1 Å². The molecule has 13 nitrogen and oxygen atoms in total. The average molecular weight is 647 g/mol. The van der Waals surface area contributed by atoms with Crippen molar-refractivity contribution in [1.29, 1.82) is 0 Å². The maximum atomic E-state index is 11.6. The summed E-state index contributed by atoms with van der Waals surface area (Å²) in [4.78, 5) is 22.2. The van der Waals surface area contributed by atoms with Crippen LogP contribution in [0.25, 0.3) is 0 Å². The Morgan fingerprint density at radius 3 is 1.13 bits per heavy atom. The lowest BCUT2D eigenvalue weighted by molar-refractivity contribution is -0.156. The minimum absolute atomic E-state index is 0.229. The third kappa shape index (κ3) is 29.0. The molecule has 260 valence electrons. The van der Waals surface area contributed by atoms with E-state index in [1.54, 1.807) is 24.3 Å². The summed E-state index contributed by atoms with van der Waals surface area (Å²) < 4.78 is 59.7. The standard InChI is InChI=1S/C32H54O13/c1-32(2,3)45-31(34)8-9-35-10-11-36-12-13-37-14-15-38-16-17-39-18-19-40-20-21-41-22-23-42-24-25-43-26-27-44-30-6-4-29(28-33)5-7-30/h4-7,28H,8-27H2,1-3H3. The zero-order chi connectivity index (χ0) is 32.7. The van der Waals surface area contributed by atoms with Gasteiger partial charge in [0.2, 0.25) is 0 Å². The van der Waals surface area contributed by atoms with Crippen LogP contribution in [0.15, 0.2) is 24.3 Å². The lowest BCUT2D eigenvalue weighted by Gasteiger charge is -2.19. The van der Waals surface area contributed by atoms with Crippen molar-refractivity contribution in [3.63, 3.8) is 0 Å². The van der Waals surface area contributed by atoms with E-state index in [0.717, 1.165) is 6.29 Å². The minimum Gasteiger partial charge on any atom is -0.491 e. The van der Waals surface area contributed by atoms with E-state index in [2.05, 4.69) is 0 Å². The summed E-state index contributed by atoms with van der Waals surface area (Å²) in [6.07, 6.45) is 1.02. The molecule has 0 bridgehead atoms. The number of carbonyl (C=O) groups excluding carboxylic acids is 2. The zero-order valence-corrected chi connectivity index (χ0v) is 27.3. The molecule has 0 aliphatic rings. The number of aldehydes is 1. The Morgan fingerprint density at radius 1 is 0.511 bits per heavy atom. The summed E-state index contributed by atoms with van der Waals surface area (Å²) >= 11 is 0. The molecule has 0 radical (unpaired) electrons. The monoisotopic (exact) mass is 646 g/mol. The lowest BCUT2D eigenvalue weighted by atomic mass is 10.2. The van der Waals surface area contributed by atoms with Crippen LogP contribution in [0.4, 0.5) is 0 Å². The van der Waals surface area contributed by atoms with Crippen LogP contribution in [0.2, 0.25) is 0 Å². The molecule has 1 rings (SSSR count). The summed E-state index contributed by atoms with van der Waals surface area (Å²) in [5, 5.41) is 0. The first-order valence-electron chi connectivity index (χ1n) is 15.5. The summed E-state index contributed by atoms with van der Waals surface area (Å²) in [7, 11) is 0. The van der Waals surface area contributed by atoms with E-state index in [-0.39, 0.29) is 12.4 Å². The van der Waals surface area contributed by atoms with Gasteiger partial charge < -0.3 is 52.1 Å². The molecule has 0 spiro atoms. The number of esters is 1. The average Bonchev–Trinajstić information content (AvgIpc) is 3.01. The summed E-state index contributed by atoms with van der Waals surface area (Å²) in [6, 6.07) is 6.92. The Bertz CT molecular complexity index is 814. The zero-order valence-electron chi connectivity index (χ0n) is 27.3.